The van der Waals surface area contributed by atoms with E-state index in [9.17, 15) is 28.2 Å². The Morgan fingerprint density at radius 3 is 2.33 bits per heavy atom. The number of halogens is 3. The van der Waals surface area contributed by atoms with Crippen LogP contribution < -0.4 is 0 Å². The Hall–Kier alpha value is -3.22. The highest BCUT2D eigenvalue weighted by atomic mass is 19.4. The molecule has 0 aromatic heterocycles. The summed E-state index contributed by atoms with van der Waals surface area (Å²) in [6.07, 6.45) is 0.481. The van der Waals surface area contributed by atoms with E-state index < -0.39 is 23.8 Å². The molecule has 0 spiro atoms. The fourth-order valence-electron chi connectivity index (χ4n) is 3.08. The van der Waals surface area contributed by atoms with Crippen LogP contribution in [-0.2, 0) is 11.0 Å². The Morgan fingerprint density at radius 1 is 1.07 bits per heavy atom. The molecule has 1 atom stereocenters. The summed E-state index contributed by atoms with van der Waals surface area (Å²) in [7, 11) is 0. The van der Waals surface area contributed by atoms with Crippen molar-refractivity contribution in [3.05, 3.63) is 83.6 Å². The first-order chi connectivity index (χ1) is 12.8. The number of para-hydroxylation sites is 1. The van der Waals surface area contributed by atoms with Gasteiger partial charge in [0.15, 0.2) is 0 Å². The molecule has 3 rings (SSSR count). The topological polar surface area (TPSA) is 60.8 Å². The third-order valence-electron chi connectivity index (χ3n) is 4.27. The van der Waals surface area contributed by atoms with Crippen LogP contribution in [0.1, 0.15) is 22.7 Å². The van der Waals surface area contributed by atoms with E-state index in [2.05, 4.69) is 0 Å². The van der Waals surface area contributed by atoms with Gasteiger partial charge in [-0.2, -0.15) is 13.2 Å². The third-order valence-corrected chi connectivity index (χ3v) is 4.27. The Labute approximate surface area is 153 Å². The van der Waals surface area contributed by atoms with Crippen LogP contribution in [0.2, 0.25) is 0 Å². The van der Waals surface area contributed by atoms with Crippen LogP contribution in [-0.4, -0.2) is 27.6 Å². The number of benzene rings is 2. The molecular formula is C20H16F3NO3. The number of carboxylic acid groups (broad SMARTS) is 1. The molecule has 0 fully saturated rings. The molecule has 1 aliphatic rings. The molecule has 0 bridgehead atoms. The van der Waals surface area contributed by atoms with Gasteiger partial charge in [-0.25, -0.2) is 0 Å². The lowest BCUT2D eigenvalue weighted by Gasteiger charge is -2.34. The van der Waals surface area contributed by atoms with Crippen molar-refractivity contribution in [3.63, 3.8) is 0 Å². The van der Waals surface area contributed by atoms with Gasteiger partial charge in [-0.05, 0) is 35.4 Å². The zero-order valence-electron chi connectivity index (χ0n) is 14.0. The smallest absolute Gasteiger partial charge is 0.416 e. The lowest BCUT2D eigenvalue weighted by atomic mass is 9.89. The first-order valence-corrected chi connectivity index (χ1v) is 8.09. The maximum absolute atomic E-state index is 12.8. The van der Waals surface area contributed by atoms with Gasteiger partial charge in [-0.15, -0.1) is 0 Å². The van der Waals surface area contributed by atoms with Crippen molar-refractivity contribution in [1.29, 1.82) is 0 Å². The SMILES string of the molecule is O=C(O)CN1C=CC=C(c2ccc(C(F)(F)F)cc2)C1c1ccccc1O. The van der Waals surface area contributed by atoms with Crippen LogP contribution in [0.4, 0.5) is 13.2 Å². The number of phenols is 1. The first kappa shape index (κ1) is 18.6. The molecule has 0 amide bonds. The average molecular weight is 375 g/mol. The minimum Gasteiger partial charge on any atom is -0.508 e. The number of hydrogen-bond donors (Lipinski definition) is 2. The molecule has 0 saturated carbocycles. The molecule has 2 N–H and O–H groups in total. The number of hydrogen-bond acceptors (Lipinski definition) is 3. The van der Waals surface area contributed by atoms with Crippen molar-refractivity contribution in [3.8, 4) is 5.75 Å². The van der Waals surface area contributed by atoms with Gasteiger partial charge in [0.25, 0.3) is 0 Å². The van der Waals surface area contributed by atoms with Crippen LogP contribution in [0, 0.1) is 0 Å². The molecule has 2 aromatic carbocycles. The normalized spacial score (nSPS) is 16.9. The standard InChI is InChI=1S/C20H16F3NO3/c21-20(22,23)14-9-7-13(8-10-14)15-5-3-11-24(12-18(26)27)19(15)16-4-1-2-6-17(16)25/h1-11,19,25H,12H2,(H,26,27). The second-order valence-electron chi connectivity index (χ2n) is 6.07. The van der Waals surface area contributed by atoms with Gasteiger partial charge < -0.3 is 15.1 Å². The molecule has 7 heteroatoms. The minimum absolute atomic E-state index is 0.0222. The fourth-order valence-corrected chi connectivity index (χ4v) is 3.08. The van der Waals surface area contributed by atoms with Crippen LogP contribution in [0.5, 0.6) is 5.75 Å². The molecule has 4 nitrogen and oxygen atoms in total. The second kappa shape index (κ2) is 7.19. The zero-order chi connectivity index (χ0) is 19.6. The summed E-state index contributed by atoms with van der Waals surface area (Å²) in [5, 5.41) is 19.5. The maximum Gasteiger partial charge on any atom is 0.416 e. The van der Waals surface area contributed by atoms with Crippen molar-refractivity contribution in [2.45, 2.75) is 12.2 Å². The Balaban J connectivity index is 2.06. The summed E-state index contributed by atoms with van der Waals surface area (Å²) in [6, 6.07) is 10.5. The van der Waals surface area contributed by atoms with E-state index in [0.29, 0.717) is 16.7 Å². The highest BCUT2D eigenvalue weighted by molar-refractivity contribution is 5.76. The number of rotatable bonds is 4. The lowest BCUT2D eigenvalue weighted by molar-refractivity contribution is -0.138. The number of alkyl halides is 3. The zero-order valence-corrected chi connectivity index (χ0v) is 14.0. The molecule has 27 heavy (non-hydrogen) atoms. The van der Waals surface area contributed by atoms with Crippen molar-refractivity contribution in [1.82, 2.24) is 4.90 Å². The second-order valence-corrected chi connectivity index (χ2v) is 6.07. The van der Waals surface area contributed by atoms with Crippen molar-refractivity contribution >= 4 is 11.5 Å². The number of phenolic OH excluding ortho intramolecular Hbond substituents is 1. The van der Waals surface area contributed by atoms with Crippen LogP contribution >= 0.6 is 0 Å². The van der Waals surface area contributed by atoms with Crippen molar-refractivity contribution in [2.75, 3.05) is 6.54 Å². The molecule has 1 unspecified atom stereocenters. The van der Waals surface area contributed by atoms with Crippen molar-refractivity contribution in [2.24, 2.45) is 0 Å². The molecule has 1 aliphatic heterocycles. The molecule has 0 aliphatic carbocycles. The molecule has 2 aromatic rings. The van der Waals surface area contributed by atoms with Gasteiger partial charge in [0.1, 0.15) is 12.3 Å². The highest BCUT2D eigenvalue weighted by Crippen LogP contribution is 2.41. The molecule has 0 saturated heterocycles. The summed E-state index contributed by atoms with van der Waals surface area (Å²) >= 11 is 0. The largest absolute Gasteiger partial charge is 0.508 e. The van der Waals surface area contributed by atoms with E-state index in [1.807, 2.05) is 0 Å². The van der Waals surface area contributed by atoms with Gasteiger partial charge in [-0.3, -0.25) is 4.79 Å². The van der Waals surface area contributed by atoms with E-state index in [-0.39, 0.29) is 12.3 Å². The number of carboxylic acids is 1. The number of nitrogens with zero attached hydrogens (tertiary/aromatic N) is 1. The summed E-state index contributed by atoms with van der Waals surface area (Å²) in [5.74, 6) is -1.08. The average Bonchev–Trinajstić information content (AvgIpc) is 2.61. The van der Waals surface area contributed by atoms with Gasteiger partial charge in [0.05, 0.1) is 11.6 Å². The van der Waals surface area contributed by atoms with Gasteiger partial charge in [-0.1, -0.05) is 36.4 Å². The van der Waals surface area contributed by atoms with Gasteiger partial charge in [0.2, 0.25) is 0 Å². The molecule has 0 radical (unpaired) electrons. The Bertz CT molecular complexity index is 901. The van der Waals surface area contributed by atoms with E-state index in [4.69, 9.17) is 0 Å². The number of aliphatic carboxylic acids is 1. The number of allylic oxidation sites excluding steroid dienone is 2. The fraction of sp³-hybridized carbons (Fsp3) is 0.150. The van der Waals surface area contributed by atoms with Crippen molar-refractivity contribution < 1.29 is 28.2 Å². The number of aromatic hydroxyl groups is 1. The quantitative estimate of drug-likeness (QED) is 0.829. The van der Waals surface area contributed by atoms with Crippen LogP contribution in [0.25, 0.3) is 5.57 Å². The molecule has 1 heterocycles. The minimum atomic E-state index is -4.44. The predicted octanol–water partition coefficient (Wildman–Crippen LogP) is 4.45. The van der Waals surface area contributed by atoms with Crippen LogP contribution in [0.3, 0.4) is 0 Å². The summed E-state index contributed by atoms with van der Waals surface area (Å²) < 4.78 is 38.5. The monoisotopic (exact) mass is 375 g/mol. The van der Waals surface area contributed by atoms with Gasteiger partial charge in [0, 0.05) is 11.8 Å². The summed E-state index contributed by atoms with van der Waals surface area (Å²) in [5.41, 5.74) is 0.805. The Kier molecular flexibility index (Phi) is 4.94. The van der Waals surface area contributed by atoms with Crippen LogP contribution in [0.15, 0.2) is 66.9 Å². The van der Waals surface area contributed by atoms with E-state index >= 15 is 0 Å². The Morgan fingerprint density at radius 2 is 1.74 bits per heavy atom. The highest BCUT2D eigenvalue weighted by Gasteiger charge is 2.32. The van der Waals surface area contributed by atoms with E-state index in [1.54, 1.807) is 36.6 Å². The number of carbonyl (C=O) groups is 1. The lowest BCUT2D eigenvalue weighted by Crippen LogP contribution is -2.31. The van der Waals surface area contributed by atoms with E-state index in [0.717, 1.165) is 12.1 Å². The summed E-state index contributed by atoms with van der Waals surface area (Å²) in [6.45, 7) is -0.326. The predicted molar refractivity (Wildman–Crippen MR) is 93.8 cm³/mol. The summed E-state index contributed by atoms with van der Waals surface area (Å²) in [4.78, 5) is 12.8. The third kappa shape index (κ3) is 3.97. The van der Waals surface area contributed by atoms with Gasteiger partial charge >= 0.3 is 12.1 Å². The first-order valence-electron chi connectivity index (χ1n) is 8.09. The van der Waals surface area contributed by atoms with E-state index in [1.165, 1.54) is 23.1 Å². The maximum atomic E-state index is 12.8. The molecule has 140 valence electrons. The molecular weight excluding hydrogens is 359 g/mol.